The van der Waals surface area contributed by atoms with Crippen molar-refractivity contribution in [1.29, 1.82) is 0 Å². The summed E-state index contributed by atoms with van der Waals surface area (Å²) in [6, 6.07) is 12.5. The van der Waals surface area contributed by atoms with Crippen molar-refractivity contribution in [3.63, 3.8) is 0 Å². The Bertz CT molecular complexity index is 937. The number of aryl methyl sites for hydroxylation is 1. The molecule has 2 atom stereocenters. The molecule has 33 heavy (non-hydrogen) atoms. The lowest BCUT2D eigenvalue weighted by atomic mass is 9.98. The summed E-state index contributed by atoms with van der Waals surface area (Å²) in [5.74, 6) is 0.0357. The lowest BCUT2D eigenvalue weighted by Gasteiger charge is -2.40. The Morgan fingerprint density at radius 2 is 1.97 bits per heavy atom. The SMILES string of the molecule is Cc1cccc(C(C)C)c1NC(=O)CN1CCN(C[C@@H](O)COc2ccccc2F)[C@@H](C)C1. The topological polar surface area (TPSA) is 65.0 Å². The highest BCUT2D eigenvalue weighted by molar-refractivity contribution is 5.94. The first-order valence-corrected chi connectivity index (χ1v) is 11.7. The van der Waals surface area contributed by atoms with Crippen LogP contribution in [0.1, 0.15) is 37.8 Å². The van der Waals surface area contributed by atoms with Crippen LogP contribution < -0.4 is 10.1 Å². The third-order valence-electron chi connectivity index (χ3n) is 6.12. The van der Waals surface area contributed by atoms with Gasteiger partial charge in [-0.1, -0.05) is 44.2 Å². The Morgan fingerprint density at radius 1 is 1.21 bits per heavy atom. The van der Waals surface area contributed by atoms with Gasteiger partial charge in [-0.3, -0.25) is 14.6 Å². The molecule has 7 heteroatoms. The minimum Gasteiger partial charge on any atom is -0.488 e. The zero-order valence-electron chi connectivity index (χ0n) is 20.1. The minimum atomic E-state index is -0.725. The molecule has 2 aromatic rings. The van der Waals surface area contributed by atoms with Crippen LogP contribution in [0.4, 0.5) is 10.1 Å². The first-order valence-electron chi connectivity index (χ1n) is 11.7. The van der Waals surface area contributed by atoms with Crippen LogP contribution in [0.2, 0.25) is 0 Å². The molecule has 0 spiro atoms. The van der Waals surface area contributed by atoms with Gasteiger partial charge in [0, 0.05) is 37.9 Å². The maximum Gasteiger partial charge on any atom is 0.238 e. The summed E-state index contributed by atoms with van der Waals surface area (Å²) in [6.45, 7) is 11.4. The van der Waals surface area contributed by atoms with Crippen molar-refractivity contribution < 1.29 is 19.0 Å². The smallest absolute Gasteiger partial charge is 0.238 e. The van der Waals surface area contributed by atoms with Gasteiger partial charge in [-0.15, -0.1) is 0 Å². The molecule has 1 heterocycles. The van der Waals surface area contributed by atoms with E-state index in [1.54, 1.807) is 18.2 Å². The number of halogens is 1. The van der Waals surface area contributed by atoms with E-state index in [9.17, 15) is 14.3 Å². The van der Waals surface area contributed by atoms with Crippen molar-refractivity contribution in [2.75, 3.05) is 44.6 Å². The highest BCUT2D eigenvalue weighted by atomic mass is 19.1. The molecule has 1 fully saturated rings. The number of hydrogen-bond acceptors (Lipinski definition) is 5. The number of β-amino-alcohol motifs (C(OH)–C–C–N with tert-alkyl or cyclic N) is 1. The third kappa shape index (κ3) is 7.00. The van der Waals surface area contributed by atoms with Gasteiger partial charge in [0.2, 0.25) is 5.91 Å². The second-order valence-electron chi connectivity index (χ2n) is 9.22. The van der Waals surface area contributed by atoms with E-state index >= 15 is 0 Å². The largest absolute Gasteiger partial charge is 0.488 e. The normalized spacial score (nSPS) is 18.3. The molecule has 180 valence electrons. The number of nitrogens with one attached hydrogen (secondary N) is 1. The lowest BCUT2D eigenvalue weighted by Crippen LogP contribution is -2.55. The summed E-state index contributed by atoms with van der Waals surface area (Å²) in [7, 11) is 0. The summed E-state index contributed by atoms with van der Waals surface area (Å²) in [5, 5.41) is 13.5. The van der Waals surface area contributed by atoms with Crippen LogP contribution in [0.3, 0.4) is 0 Å². The first kappa shape index (κ1) is 25.1. The molecule has 0 unspecified atom stereocenters. The Morgan fingerprint density at radius 3 is 2.67 bits per heavy atom. The monoisotopic (exact) mass is 457 g/mol. The van der Waals surface area contributed by atoms with E-state index in [1.807, 2.05) is 19.1 Å². The van der Waals surface area contributed by atoms with Crippen molar-refractivity contribution in [2.45, 2.75) is 45.8 Å². The first-order chi connectivity index (χ1) is 15.7. The van der Waals surface area contributed by atoms with Crippen LogP contribution in [0.15, 0.2) is 42.5 Å². The number of carbonyl (C=O) groups excluding carboxylic acids is 1. The van der Waals surface area contributed by atoms with Crippen molar-refractivity contribution >= 4 is 11.6 Å². The van der Waals surface area contributed by atoms with Crippen molar-refractivity contribution in [2.24, 2.45) is 0 Å². The number of hydrogen-bond donors (Lipinski definition) is 2. The average molecular weight is 458 g/mol. The molecule has 1 amide bonds. The van der Waals surface area contributed by atoms with E-state index in [4.69, 9.17) is 4.74 Å². The maximum absolute atomic E-state index is 13.7. The Labute approximate surface area is 196 Å². The van der Waals surface area contributed by atoms with Gasteiger partial charge in [-0.2, -0.15) is 0 Å². The average Bonchev–Trinajstić information content (AvgIpc) is 2.76. The van der Waals surface area contributed by atoms with E-state index in [2.05, 4.69) is 42.0 Å². The van der Waals surface area contributed by atoms with E-state index < -0.39 is 11.9 Å². The quantitative estimate of drug-likeness (QED) is 0.602. The third-order valence-corrected chi connectivity index (χ3v) is 6.12. The number of aliphatic hydroxyl groups is 1. The number of benzene rings is 2. The van der Waals surface area contributed by atoms with Gasteiger partial charge in [0.25, 0.3) is 0 Å². The summed E-state index contributed by atoms with van der Waals surface area (Å²) in [4.78, 5) is 17.1. The molecule has 0 saturated carbocycles. The summed E-state index contributed by atoms with van der Waals surface area (Å²) in [5.41, 5.74) is 3.13. The van der Waals surface area contributed by atoms with Crippen LogP contribution in [-0.4, -0.2) is 72.3 Å². The van der Waals surface area contributed by atoms with Gasteiger partial charge in [-0.05, 0) is 43.0 Å². The molecule has 3 rings (SSSR count). The predicted molar refractivity (Wildman–Crippen MR) is 129 cm³/mol. The van der Waals surface area contributed by atoms with Gasteiger partial charge in [0.05, 0.1) is 6.54 Å². The lowest BCUT2D eigenvalue weighted by molar-refractivity contribution is -0.118. The Balaban J connectivity index is 1.46. The molecule has 0 aromatic heterocycles. The van der Waals surface area contributed by atoms with E-state index in [0.29, 0.717) is 19.0 Å². The number of ether oxygens (including phenoxy) is 1. The van der Waals surface area contributed by atoms with Crippen LogP contribution in [0.25, 0.3) is 0 Å². The molecule has 2 aromatic carbocycles. The molecule has 0 radical (unpaired) electrons. The Kier molecular flexibility index (Phi) is 8.83. The Hall–Kier alpha value is -2.48. The molecule has 0 aliphatic carbocycles. The fourth-order valence-electron chi connectivity index (χ4n) is 4.28. The van der Waals surface area contributed by atoms with E-state index in [0.717, 1.165) is 36.4 Å². The maximum atomic E-state index is 13.7. The molecule has 1 aliphatic heterocycles. The zero-order chi connectivity index (χ0) is 24.0. The van der Waals surface area contributed by atoms with Crippen molar-refractivity contribution in [3.8, 4) is 5.75 Å². The molecule has 2 N–H and O–H groups in total. The molecule has 1 saturated heterocycles. The van der Waals surface area contributed by atoms with E-state index in [1.165, 1.54) is 6.07 Å². The summed E-state index contributed by atoms with van der Waals surface area (Å²) in [6.07, 6.45) is -0.725. The number of rotatable bonds is 9. The number of aliphatic hydroxyl groups excluding tert-OH is 1. The molecule has 1 aliphatic rings. The second kappa shape index (κ2) is 11.6. The van der Waals surface area contributed by atoms with Gasteiger partial charge in [0.15, 0.2) is 11.6 Å². The number of nitrogens with zero attached hydrogens (tertiary/aromatic N) is 2. The second-order valence-corrected chi connectivity index (χ2v) is 9.22. The van der Waals surface area contributed by atoms with Crippen LogP contribution >= 0.6 is 0 Å². The fourth-order valence-corrected chi connectivity index (χ4v) is 4.28. The highest BCUT2D eigenvalue weighted by Gasteiger charge is 2.27. The molecule has 6 nitrogen and oxygen atoms in total. The zero-order valence-corrected chi connectivity index (χ0v) is 20.1. The fraction of sp³-hybridized carbons (Fsp3) is 0.500. The van der Waals surface area contributed by atoms with Gasteiger partial charge in [0.1, 0.15) is 12.7 Å². The number of para-hydroxylation sites is 2. The standard InChI is InChI=1S/C26H36FN3O3/c1-18(2)22-9-7-8-19(3)26(22)28-25(32)16-29-12-13-30(20(4)14-29)15-21(31)17-33-24-11-6-5-10-23(24)27/h5-11,18,20-21,31H,12-17H2,1-4H3,(H,28,32)/t20-,21+/m0/s1. The number of anilines is 1. The van der Waals surface area contributed by atoms with Crippen molar-refractivity contribution in [3.05, 3.63) is 59.4 Å². The van der Waals surface area contributed by atoms with Crippen molar-refractivity contribution in [1.82, 2.24) is 9.80 Å². The van der Waals surface area contributed by atoms with E-state index in [-0.39, 0.29) is 24.3 Å². The summed E-state index contributed by atoms with van der Waals surface area (Å²) < 4.78 is 19.1. The van der Waals surface area contributed by atoms with Gasteiger partial charge >= 0.3 is 0 Å². The molecular weight excluding hydrogens is 421 g/mol. The predicted octanol–water partition coefficient (Wildman–Crippen LogP) is 3.64. The van der Waals surface area contributed by atoms with Crippen LogP contribution in [0.5, 0.6) is 5.75 Å². The van der Waals surface area contributed by atoms with Crippen LogP contribution in [0, 0.1) is 12.7 Å². The number of carbonyl (C=O) groups is 1. The molecule has 0 bridgehead atoms. The van der Waals surface area contributed by atoms with Crippen LogP contribution in [-0.2, 0) is 4.79 Å². The van der Waals surface area contributed by atoms with Gasteiger partial charge < -0.3 is 15.2 Å². The summed E-state index contributed by atoms with van der Waals surface area (Å²) >= 11 is 0. The highest BCUT2D eigenvalue weighted by Crippen LogP contribution is 2.27. The molecular formula is C26H36FN3O3. The van der Waals surface area contributed by atoms with Gasteiger partial charge in [-0.25, -0.2) is 4.39 Å². The number of piperazine rings is 1. The minimum absolute atomic E-state index is 0.00910. The number of amides is 1.